The van der Waals surface area contributed by atoms with E-state index in [1.54, 1.807) is 38.5 Å². The van der Waals surface area contributed by atoms with Crippen LogP contribution in [0.4, 0.5) is 0 Å². The molecule has 43 heavy (non-hydrogen) atoms. The maximum atomic E-state index is 13.6. The van der Waals surface area contributed by atoms with E-state index in [0.717, 1.165) is 0 Å². The van der Waals surface area contributed by atoms with Crippen molar-refractivity contribution in [1.82, 2.24) is 4.90 Å². The zero-order chi connectivity index (χ0) is 30.7. The lowest BCUT2D eigenvalue weighted by molar-refractivity contribution is -0.365. The molecule has 1 spiro atoms. The van der Waals surface area contributed by atoms with E-state index in [1.165, 1.54) is 14.2 Å². The molecule has 5 saturated carbocycles. The first kappa shape index (κ1) is 29.9. The van der Waals surface area contributed by atoms with Crippen LogP contribution in [0.1, 0.15) is 43.0 Å². The number of nitrogens with zero attached hydrogens (tertiary/aromatic N) is 1. The summed E-state index contributed by atoms with van der Waals surface area (Å²) < 4.78 is 29.3. The number of carbonyl (C=O) groups excluding carboxylic acids is 1. The van der Waals surface area contributed by atoms with Gasteiger partial charge in [-0.05, 0) is 55.5 Å². The number of methoxy groups -OCH3 is 4. The Labute approximate surface area is 252 Å². The van der Waals surface area contributed by atoms with Crippen molar-refractivity contribution in [1.29, 1.82) is 0 Å². The second-order valence-corrected chi connectivity index (χ2v) is 14.0. The van der Waals surface area contributed by atoms with Gasteiger partial charge in [-0.2, -0.15) is 0 Å². The average Bonchev–Trinajstić information content (AvgIpc) is 3.33. The highest BCUT2D eigenvalue weighted by Crippen LogP contribution is 2.81. The van der Waals surface area contributed by atoms with E-state index in [1.807, 2.05) is 6.92 Å². The summed E-state index contributed by atoms with van der Waals surface area (Å²) in [5, 5.41) is 50.5. The molecule has 11 heteroatoms. The lowest BCUT2D eigenvalue weighted by Gasteiger charge is -2.71. The molecule has 5 aliphatic carbocycles. The maximum Gasteiger partial charge on any atom is 0.340 e. The number of hydrogen-bond acceptors (Lipinski definition) is 11. The van der Waals surface area contributed by atoms with Crippen molar-refractivity contribution >= 4 is 5.97 Å². The van der Waals surface area contributed by atoms with Gasteiger partial charge in [0.25, 0.3) is 0 Å². The highest BCUT2D eigenvalue weighted by Gasteiger charge is 2.91. The SMILES string of the molecule is CCN1C[C@]2(COC)[C@H](O)C[C@H](OC)[C@@]34[C@@H]5C[C@@H]6[C@@H](OC)C[C@@](O)([C@H]5[C@@]6(O)OC(=O)c5ccc(OC)cc5)[C@@](O)(C[C@H]23)[C@@H]14. The number of piperidine rings is 1. The fraction of sp³-hybridized carbons (Fsp3) is 0.781. The van der Waals surface area contributed by atoms with Crippen LogP contribution in [0.5, 0.6) is 5.75 Å². The van der Waals surface area contributed by atoms with Gasteiger partial charge in [-0.1, -0.05) is 6.92 Å². The minimum Gasteiger partial charge on any atom is -0.497 e. The van der Waals surface area contributed by atoms with E-state index in [-0.39, 0.29) is 30.9 Å². The average molecular weight is 604 g/mol. The van der Waals surface area contributed by atoms with Crippen LogP contribution in [0.15, 0.2) is 24.3 Å². The second kappa shape index (κ2) is 9.59. The quantitative estimate of drug-likeness (QED) is 0.247. The van der Waals surface area contributed by atoms with Crippen molar-refractivity contribution in [2.24, 2.45) is 34.5 Å². The lowest BCUT2D eigenvalue weighted by Crippen LogP contribution is -2.83. The van der Waals surface area contributed by atoms with Crippen LogP contribution < -0.4 is 4.74 Å². The predicted molar refractivity (Wildman–Crippen MR) is 151 cm³/mol. The fourth-order valence-corrected chi connectivity index (χ4v) is 11.7. The van der Waals surface area contributed by atoms with Crippen LogP contribution in [-0.2, 0) is 18.9 Å². The Bertz CT molecular complexity index is 1280. The Morgan fingerprint density at radius 3 is 2.30 bits per heavy atom. The van der Waals surface area contributed by atoms with E-state index in [2.05, 4.69) is 4.90 Å². The van der Waals surface area contributed by atoms with E-state index in [0.29, 0.717) is 31.7 Å². The predicted octanol–water partition coefficient (Wildman–Crippen LogP) is 0.810. The summed E-state index contributed by atoms with van der Waals surface area (Å²) >= 11 is 0. The molecule has 1 aromatic rings. The zero-order valence-corrected chi connectivity index (χ0v) is 25.6. The zero-order valence-electron chi connectivity index (χ0n) is 25.6. The number of likely N-dealkylation sites (tertiary alicyclic amines) is 1. The van der Waals surface area contributed by atoms with Gasteiger partial charge in [-0.25, -0.2) is 4.79 Å². The number of esters is 1. The van der Waals surface area contributed by atoms with Gasteiger partial charge in [0.2, 0.25) is 5.79 Å². The minimum atomic E-state index is -2.12. The van der Waals surface area contributed by atoms with Crippen LogP contribution in [0.3, 0.4) is 0 Å². The molecule has 7 bridgehead atoms. The molecule has 6 fully saturated rings. The Kier molecular flexibility index (Phi) is 6.66. The number of hydrogen-bond donors (Lipinski definition) is 4. The summed E-state index contributed by atoms with van der Waals surface area (Å²) in [5.74, 6) is -4.61. The molecule has 7 rings (SSSR count). The Balaban J connectivity index is 1.42. The largest absolute Gasteiger partial charge is 0.497 e. The van der Waals surface area contributed by atoms with E-state index >= 15 is 0 Å². The second-order valence-electron chi connectivity index (χ2n) is 14.0. The van der Waals surface area contributed by atoms with Crippen molar-refractivity contribution < 1.29 is 48.9 Å². The first-order valence-electron chi connectivity index (χ1n) is 15.5. The molecule has 0 radical (unpaired) electrons. The Hall–Kier alpha value is -1.83. The van der Waals surface area contributed by atoms with Gasteiger partial charge < -0.3 is 44.1 Å². The number of ether oxygens (including phenoxy) is 5. The summed E-state index contributed by atoms with van der Waals surface area (Å²) in [6, 6.07) is 5.93. The molecule has 1 heterocycles. The first-order valence-corrected chi connectivity index (χ1v) is 15.5. The standard InChI is InChI=1S/C32H45NO10/c1-6-33-15-28(16-39-2)22-14-30(37)27(33)31(22,24(42-5)12-23(28)34)20-11-19-21(41-4)13-29(30,36)25(20)32(19,38)43-26(35)17-7-9-18(40-3)10-8-17/h7-10,19-25,27,34,36-38H,6,11-16H2,1-5H3/t19-,20-,21+,22-,23-,24+,25+,27-,28-,29-,30-,31-,32+/m1/s1. The maximum absolute atomic E-state index is 13.6. The summed E-state index contributed by atoms with van der Waals surface area (Å²) in [6.45, 7) is 3.40. The molecular weight excluding hydrogens is 558 g/mol. The molecule has 11 nitrogen and oxygen atoms in total. The number of aliphatic hydroxyl groups excluding tert-OH is 1. The number of benzene rings is 1. The van der Waals surface area contributed by atoms with Crippen LogP contribution in [-0.4, -0.2) is 121 Å². The number of likely N-dealkylation sites (N-methyl/N-ethyl adjacent to an activating group) is 1. The van der Waals surface area contributed by atoms with Crippen molar-refractivity contribution in [2.45, 2.75) is 73.9 Å². The monoisotopic (exact) mass is 603 g/mol. The van der Waals surface area contributed by atoms with Crippen molar-refractivity contribution in [3.63, 3.8) is 0 Å². The number of fused-ring (bicyclic) bond motifs is 2. The van der Waals surface area contributed by atoms with Gasteiger partial charge in [-0.15, -0.1) is 0 Å². The molecule has 1 aliphatic heterocycles. The molecule has 13 atom stereocenters. The number of carbonyl (C=O) groups is 1. The van der Waals surface area contributed by atoms with Gasteiger partial charge in [-0.3, -0.25) is 4.90 Å². The summed E-state index contributed by atoms with van der Waals surface area (Å²) in [7, 11) is 6.32. The minimum absolute atomic E-state index is 0.0859. The summed E-state index contributed by atoms with van der Waals surface area (Å²) in [4.78, 5) is 15.8. The van der Waals surface area contributed by atoms with Crippen LogP contribution in [0.25, 0.3) is 0 Å². The van der Waals surface area contributed by atoms with Gasteiger partial charge in [0, 0.05) is 57.6 Å². The van der Waals surface area contributed by atoms with E-state index in [4.69, 9.17) is 23.7 Å². The first-order chi connectivity index (χ1) is 20.5. The molecule has 4 N–H and O–H groups in total. The smallest absolute Gasteiger partial charge is 0.340 e. The van der Waals surface area contributed by atoms with Crippen molar-refractivity contribution in [3.05, 3.63) is 29.8 Å². The molecule has 0 amide bonds. The fourth-order valence-electron chi connectivity index (χ4n) is 11.7. The molecular formula is C32H45NO10. The third kappa shape index (κ3) is 3.30. The highest BCUT2D eigenvalue weighted by atomic mass is 16.7. The van der Waals surface area contributed by atoms with Crippen molar-refractivity contribution in [3.8, 4) is 5.75 Å². The molecule has 0 aromatic heterocycles. The summed E-state index contributed by atoms with van der Waals surface area (Å²) in [6.07, 6.45) is -0.876. The molecule has 1 saturated heterocycles. The lowest BCUT2D eigenvalue weighted by atomic mass is 9.42. The molecule has 0 unspecified atom stereocenters. The van der Waals surface area contributed by atoms with Crippen molar-refractivity contribution in [2.75, 3.05) is 48.1 Å². The van der Waals surface area contributed by atoms with Gasteiger partial charge in [0.05, 0.1) is 49.4 Å². The van der Waals surface area contributed by atoms with Gasteiger partial charge in [0.1, 0.15) is 17.0 Å². The molecule has 6 aliphatic rings. The van der Waals surface area contributed by atoms with Crippen LogP contribution in [0.2, 0.25) is 0 Å². The molecule has 1 aromatic carbocycles. The normalized spacial score (nSPS) is 50.9. The third-order valence-electron chi connectivity index (χ3n) is 13.0. The van der Waals surface area contributed by atoms with E-state index < -0.39 is 75.9 Å². The van der Waals surface area contributed by atoms with E-state index in [9.17, 15) is 25.2 Å². The Morgan fingerprint density at radius 1 is 0.977 bits per heavy atom. The highest BCUT2D eigenvalue weighted by molar-refractivity contribution is 5.89. The number of aliphatic hydroxyl groups is 4. The summed E-state index contributed by atoms with van der Waals surface area (Å²) in [5.41, 5.74) is -4.81. The topological polar surface area (TPSA) is 147 Å². The van der Waals surface area contributed by atoms with Crippen LogP contribution >= 0.6 is 0 Å². The van der Waals surface area contributed by atoms with Gasteiger partial charge >= 0.3 is 5.97 Å². The Morgan fingerprint density at radius 2 is 1.70 bits per heavy atom. The third-order valence-corrected chi connectivity index (χ3v) is 13.0. The molecule has 238 valence electrons. The van der Waals surface area contributed by atoms with Crippen LogP contribution in [0, 0.1) is 34.5 Å². The van der Waals surface area contributed by atoms with Gasteiger partial charge in [0.15, 0.2) is 0 Å². The number of rotatable bonds is 8.